The van der Waals surface area contributed by atoms with Crippen molar-refractivity contribution < 1.29 is 4.79 Å². The van der Waals surface area contributed by atoms with Crippen LogP contribution >= 0.6 is 0 Å². The average molecular weight is 347 g/mol. The maximum absolute atomic E-state index is 12.6. The molecule has 1 amide bonds. The molecule has 0 bridgehead atoms. The fraction of sp³-hybridized carbons (Fsp3) is 0.350. The van der Waals surface area contributed by atoms with E-state index in [4.69, 9.17) is 5.73 Å². The Morgan fingerprint density at radius 1 is 1.35 bits per heavy atom. The Hall–Kier alpha value is -2.89. The van der Waals surface area contributed by atoms with Crippen LogP contribution in [0.4, 0.5) is 5.95 Å². The number of rotatable bonds is 4. The quantitative estimate of drug-likeness (QED) is 0.890. The molecule has 2 aliphatic carbocycles. The molecule has 1 atom stereocenters. The fourth-order valence-electron chi connectivity index (χ4n) is 4.08. The lowest BCUT2D eigenvalue weighted by Gasteiger charge is -2.32. The minimum Gasteiger partial charge on any atom is -0.368 e. The van der Waals surface area contributed by atoms with Crippen LogP contribution in [0.25, 0.3) is 11.4 Å². The molecule has 5 rings (SSSR count). The van der Waals surface area contributed by atoms with Gasteiger partial charge in [-0.15, -0.1) is 0 Å². The number of nitrogens with zero attached hydrogens (tertiary/aromatic N) is 3. The second-order valence-electron chi connectivity index (χ2n) is 7.32. The molecule has 132 valence electrons. The van der Waals surface area contributed by atoms with Gasteiger partial charge in [0, 0.05) is 30.9 Å². The lowest BCUT2D eigenvalue weighted by atomic mass is 9.84. The van der Waals surface area contributed by atoms with E-state index < -0.39 is 0 Å². The van der Waals surface area contributed by atoms with Crippen LogP contribution in [-0.4, -0.2) is 27.0 Å². The lowest BCUT2D eigenvalue weighted by Crippen LogP contribution is -2.37. The van der Waals surface area contributed by atoms with Crippen molar-refractivity contribution in [2.75, 3.05) is 12.3 Å². The van der Waals surface area contributed by atoms with E-state index in [1.165, 1.54) is 24.8 Å². The van der Waals surface area contributed by atoms with Gasteiger partial charge in [-0.25, -0.2) is 9.97 Å². The molecule has 0 saturated heterocycles. The number of hydrogen-bond acceptors (Lipinski definition) is 4. The summed E-state index contributed by atoms with van der Waals surface area (Å²) in [7, 11) is 0. The summed E-state index contributed by atoms with van der Waals surface area (Å²) in [6, 6.07) is 3.84. The number of aromatic nitrogens is 3. The number of hydrogen-bond donors (Lipinski definition) is 2. The van der Waals surface area contributed by atoms with Gasteiger partial charge in [0.1, 0.15) is 0 Å². The van der Waals surface area contributed by atoms with E-state index in [-0.39, 0.29) is 17.8 Å². The third-order valence-corrected chi connectivity index (χ3v) is 5.76. The van der Waals surface area contributed by atoms with E-state index in [0.717, 1.165) is 29.2 Å². The molecule has 1 saturated carbocycles. The van der Waals surface area contributed by atoms with E-state index in [9.17, 15) is 4.79 Å². The first-order valence-corrected chi connectivity index (χ1v) is 9.19. The van der Waals surface area contributed by atoms with Gasteiger partial charge in [0.15, 0.2) is 0 Å². The Balaban J connectivity index is 1.68. The standard InChI is InChI=1S/C20H21N5O/c21-20-22-8-7-16(24-20)17-9-14-18(25(17)11-12-3-1-4-12)15(10-23-19(14)26)13-5-2-6-13/h2,5-9,12,15H,1,3-4,10-11H2,(H,23,26)(H2,21,22,24). The van der Waals surface area contributed by atoms with Gasteiger partial charge in [-0.05, 0) is 36.5 Å². The van der Waals surface area contributed by atoms with Gasteiger partial charge >= 0.3 is 0 Å². The van der Waals surface area contributed by atoms with Crippen LogP contribution in [0, 0.1) is 5.92 Å². The molecular formula is C20H21N5O. The van der Waals surface area contributed by atoms with E-state index in [1.54, 1.807) is 6.20 Å². The van der Waals surface area contributed by atoms with Gasteiger partial charge in [-0.1, -0.05) is 24.6 Å². The number of carbonyl (C=O) groups is 1. The van der Waals surface area contributed by atoms with Crippen molar-refractivity contribution in [2.24, 2.45) is 5.92 Å². The second-order valence-corrected chi connectivity index (χ2v) is 7.32. The van der Waals surface area contributed by atoms with E-state index >= 15 is 0 Å². The number of anilines is 1. The Labute approximate surface area is 151 Å². The van der Waals surface area contributed by atoms with Crippen molar-refractivity contribution in [3.05, 3.63) is 53.4 Å². The highest BCUT2D eigenvalue weighted by Crippen LogP contribution is 2.40. The van der Waals surface area contributed by atoms with Gasteiger partial charge < -0.3 is 15.6 Å². The van der Waals surface area contributed by atoms with Crippen LogP contribution in [-0.2, 0) is 6.54 Å². The number of nitrogens with one attached hydrogen (secondary N) is 1. The summed E-state index contributed by atoms with van der Waals surface area (Å²) in [5.41, 5.74) is 10.7. The summed E-state index contributed by atoms with van der Waals surface area (Å²) in [4.78, 5) is 21.0. The summed E-state index contributed by atoms with van der Waals surface area (Å²) >= 11 is 0. The molecule has 2 aromatic heterocycles. The van der Waals surface area contributed by atoms with Gasteiger partial charge in [-0.3, -0.25) is 4.79 Å². The molecule has 1 unspecified atom stereocenters. The molecule has 0 radical (unpaired) electrons. The number of amides is 1. The molecular weight excluding hydrogens is 326 g/mol. The Bertz CT molecular complexity index is 951. The Kier molecular flexibility index (Phi) is 3.45. The van der Waals surface area contributed by atoms with Crippen molar-refractivity contribution in [1.29, 1.82) is 0 Å². The summed E-state index contributed by atoms with van der Waals surface area (Å²) in [5.74, 6) is 1.11. The monoisotopic (exact) mass is 347 g/mol. The predicted molar refractivity (Wildman–Crippen MR) is 99.5 cm³/mol. The van der Waals surface area contributed by atoms with Crippen LogP contribution in [0.2, 0.25) is 0 Å². The topological polar surface area (TPSA) is 85.8 Å². The van der Waals surface area contributed by atoms with Gasteiger partial charge in [0.25, 0.3) is 5.91 Å². The Morgan fingerprint density at radius 2 is 2.19 bits per heavy atom. The first kappa shape index (κ1) is 15.4. The van der Waals surface area contributed by atoms with Crippen molar-refractivity contribution >= 4 is 11.9 Å². The zero-order valence-electron chi connectivity index (χ0n) is 14.5. The highest BCUT2D eigenvalue weighted by molar-refractivity contribution is 5.98. The van der Waals surface area contributed by atoms with Crippen LogP contribution in [0.5, 0.6) is 0 Å². The molecule has 3 aliphatic rings. The molecule has 6 nitrogen and oxygen atoms in total. The highest BCUT2D eigenvalue weighted by atomic mass is 16.1. The van der Waals surface area contributed by atoms with Crippen LogP contribution in [0.3, 0.4) is 0 Å². The van der Waals surface area contributed by atoms with E-state index in [1.807, 2.05) is 12.1 Å². The number of nitrogens with two attached hydrogens (primary N) is 1. The third kappa shape index (κ3) is 2.36. The molecule has 2 aromatic rings. The maximum atomic E-state index is 12.6. The van der Waals surface area contributed by atoms with Crippen molar-refractivity contribution in [3.63, 3.8) is 0 Å². The predicted octanol–water partition coefficient (Wildman–Crippen LogP) is 2.65. The summed E-state index contributed by atoms with van der Waals surface area (Å²) < 4.78 is 2.32. The summed E-state index contributed by atoms with van der Waals surface area (Å²) in [5, 5.41) is 3.04. The molecule has 0 aromatic carbocycles. The zero-order chi connectivity index (χ0) is 17.7. The van der Waals surface area contributed by atoms with E-state index in [0.29, 0.717) is 12.5 Å². The summed E-state index contributed by atoms with van der Waals surface area (Å²) in [6.07, 6.45) is 11.8. The van der Waals surface area contributed by atoms with Gasteiger partial charge in [0.2, 0.25) is 5.95 Å². The number of allylic oxidation sites excluding steroid dienone is 3. The Morgan fingerprint density at radius 3 is 2.85 bits per heavy atom. The minimum atomic E-state index is -0.00390. The first-order valence-electron chi connectivity index (χ1n) is 9.19. The van der Waals surface area contributed by atoms with E-state index in [2.05, 4.69) is 38.1 Å². The third-order valence-electron chi connectivity index (χ3n) is 5.76. The molecule has 3 heterocycles. The molecule has 6 heteroatoms. The lowest BCUT2D eigenvalue weighted by molar-refractivity contribution is 0.0941. The largest absolute Gasteiger partial charge is 0.368 e. The van der Waals surface area contributed by atoms with Crippen molar-refractivity contribution in [2.45, 2.75) is 31.7 Å². The second kappa shape index (κ2) is 5.83. The first-order chi connectivity index (χ1) is 12.7. The molecule has 3 N–H and O–H groups in total. The number of carbonyl (C=O) groups excluding carboxylic acids is 1. The van der Waals surface area contributed by atoms with Gasteiger partial charge in [-0.2, -0.15) is 0 Å². The maximum Gasteiger partial charge on any atom is 0.253 e. The molecule has 0 spiro atoms. The fourth-order valence-corrected chi connectivity index (χ4v) is 4.08. The molecule has 1 aliphatic heterocycles. The van der Waals surface area contributed by atoms with Crippen molar-refractivity contribution in [3.8, 4) is 11.4 Å². The molecule has 26 heavy (non-hydrogen) atoms. The summed E-state index contributed by atoms with van der Waals surface area (Å²) in [6.45, 7) is 1.57. The SMILES string of the molecule is Nc1nccc(-c2cc3c(n2CC2CCC2)C(C2=CC=C2)CNC3=O)n1. The highest BCUT2D eigenvalue weighted by Gasteiger charge is 2.34. The van der Waals surface area contributed by atoms with Gasteiger partial charge in [0.05, 0.1) is 17.0 Å². The van der Waals surface area contributed by atoms with Crippen LogP contribution in [0.15, 0.2) is 42.1 Å². The molecule has 1 fully saturated rings. The smallest absolute Gasteiger partial charge is 0.253 e. The average Bonchev–Trinajstić information content (AvgIpc) is 2.92. The number of fused-ring (bicyclic) bond motifs is 1. The minimum absolute atomic E-state index is 0.00390. The normalized spacial score (nSPS) is 21.5. The van der Waals surface area contributed by atoms with Crippen LogP contribution in [0.1, 0.15) is 41.2 Å². The zero-order valence-corrected chi connectivity index (χ0v) is 14.5. The number of nitrogen functional groups attached to an aromatic ring is 1. The van der Waals surface area contributed by atoms with Crippen LogP contribution < -0.4 is 11.1 Å². The van der Waals surface area contributed by atoms with Crippen molar-refractivity contribution in [1.82, 2.24) is 19.9 Å².